The van der Waals surface area contributed by atoms with Crippen LogP contribution in [-0.2, 0) is 6.42 Å². The Balaban J connectivity index is 2.16. The molecular formula is C12H13F2N3O. The first kappa shape index (κ1) is 12.6. The average molecular weight is 253 g/mol. The maximum Gasteiger partial charge on any atom is 0.250 e. The molecule has 2 rings (SSSR count). The predicted octanol–water partition coefficient (Wildman–Crippen LogP) is 2.17. The molecule has 0 aliphatic heterocycles. The number of nitrogens with one attached hydrogen (secondary N) is 1. The van der Waals surface area contributed by atoms with Crippen molar-refractivity contribution in [3.63, 3.8) is 0 Å². The van der Waals surface area contributed by atoms with Crippen molar-refractivity contribution in [2.45, 2.75) is 12.8 Å². The van der Waals surface area contributed by atoms with Crippen LogP contribution in [0.1, 0.15) is 12.3 Å². The van der Waals surface area contributed by atoms with E-state index in [1.807, 2.05) is 7.05 Å². The van der Waals surface area contributed by atoms with Crippen molar-refractivity contribution in [3.8, 4) is 11.5 Å². The van der Waals surface area contributed by atoms with Crippen molar-refractivity contribution >= 4 is 0 Å². The molecular weight excluding hydrogens is 240 g/mol. The Morgan fingerprint density at radius 3 is 2.89 bits per heavy atom. The van der Waals surface area contributed by atoms with Gasteiger partial charge in [-0.05, 0) is 38.2 Å². The Morgan fingerprint density at radius 1 is 1.28 bits per heavy atom. The monoisotopic (exact) mass is 253 g/mol. The fraction of sp³-hybridized carbons (Fsp3) is 0.333. The van der Waals surface area contributed by atoms with Gasteiger partial charge < -0.3 is 9.73 Å². The van der Waals surface area contributed by atoms with Gasteiger partial charge in [0, 0.05) is 6.42 Å². The molecule has 0 saturated heterocycles. The first-order valence-corrected chi connectivity index (χ1v) is 5.63. The minimum Gasteiger partial charge on any atom is -0.421 e. The van der Waals surface area contributed by atoms with Crippen LogP contribution in [0.5, 0.6) is 0 Å². The zero-order valence-electron chi connectivity index (χ0n) is 9.91. The second kappa shape index (κ2) is 5.68. The zero-order valence-corrected chi connectivity index (χ0v) is 9.91. The maximum atomic E-state index is 13.5. The molecule has 0 spiro atoms. The van der Waals surface area contributed by atoms with E-state index in [-0.39, 0.29) is 11.5 Å². The lowest BCUT2D eigenvalue weighted by Gasteiger charge is -1.97. The number of benzene rings is 1. The summed E-state index contributed by atoms with van der Waals surface area (Å²) in [5, 5.41) is 10.5. The van der Waals surface area contributed by atoms with Crippen molar-refractivity contribution in [1.82, 2.24) is 15.5 Å². The SMILES string of the molecule is CNCCCc1nnc(-c2cc(F)ccc2F)o1. The molecule has 18 heavy (non-hydrogen) atoms. The molecule has 0 aliphatic rings. The molecule has 0 aliphatic carbocycles. The lowest BCUT2D eigenvalue weighted by molar-refractivity contribution is 0.490. The lowest BCUT2D eigenvalue weighted by Crippen LogP contribution is -2.08. The third kappa shape index (κ3) is 2.89. The molecule has 0 atom stereocenters. The van der Waals surface area contributed by atoms with E-state index >= 15 is 0 Å². The summed E-state index contributed by atoms with van der Waals surface area (Å²) in [4.78, 5) is 0. The molecule has 0 unspecified atom stereocenters. The lowest BCUT2D eigenvalue weighted by atomic mass is 10.2. The third-order valence-corrected chi connectivity index (χ3v) is 2.44. The second-order valence-corrected chi connectivity index (χ2v) is 3.83. The van der Waals surface area contributed by atoms with Crippen LogP contribution in [0.15, 0.2) is 22.6 Å². The number of nitrogens with zero attached hydrogens (tertiary/aromatic N) is 2. The number of rotatable bonds is 5. The van der Waals surface area contributed by atoms with Crippen LogP contribution in [0, 0.1) is 11.6 Å². The van der Waals surface area contributed by atoms with Gasteiger partial charge in [0.05, 0.1) is 5.56 Å². The van der Waals surface area contributed by atoms with E-state index in [0.717, 1.165) is 31.2 Å². The van der Waals surface area contributed by atoms with Gasteiger partial charge in [-0.25, -0.2) is 8.78 Å². The van der Waals surface area contributed by atoms with Gasteiger partial charge in [-0.1, -0.05) is 0 Å². The van der Waals surface area contributed by atoms with Gasteiger partial charge >= 0.3 is 0 Å². The molecule has 2 aromatic rings. The van der Waals surface area contributed by atoms with Gasteiger partial charge in [-0.2, -0.15) is 0 Å². The summed E-state index contributed by atoms with van der Waals surface area (Å²) in [6.45, 7) is 0.825. The zero-order chi connectivity index (χ0) is 13.0. The van der Waals surface area contributed by atoms with Gasteiger partial charge in [0.25, 0.3) is 5.89 Å². The van der Waals surface area contributed by atoms with Gasteiger partial charge in [0.1, 0.15) is 11.6 Å². The van der Waals surface area contributed by atoms with Crippen LogP contribution in [0.4, 0.5) is 8.78 Å². The number of halogens is 2. The highest BCUT2D eigenvalue weighted by Gasteiger charge is 2.13. The Hall–Kier alpha value is -1.82. The molecule has 0 amide bonds. The topological polar surface area (TPSA) is 51.0 Å². The Bertz CT molecular complexity index is 528. The highest BCUT2D eigenvalue weighted by atomic mass is 19.1. The van der Waals surface area contributed by atoms with Gasteiger partial charge in [-0.3, -0.25) is 0 Å². The molecule has 0 saturated carbocycles. The Morgan fingerprint density at radius 2 is 2.11 bits per heavy atom. The summed E-state index contributed by atoms with van der Waals surface area (Å²) in [5.41, 5.74) is -0.0117. The first-order chi connectivity index (χ1) is 8.70. The summed E-state index contributed by atoms with van der Waals surface area (Å²) in [6.07, 6.45) is 1.44. The summed E-state index contributed by atoms with van der Waals surface area (Å²) >= 11 is 0. The smallest absolute Gasteiger partial charge is 0.250 e. The van der Waals surface area contributed by atoms with E-state index < -0.39 is 11.6 Å². The Kier molecular flexibility index (Phi) is 3.99. The number of hydrogen-bond acceptors (Lipinski definition) is 4. The molecule has 0 bridgehead atoms. The normalized spacial score (nSPS) is 10.8. The average Bonchev–Trinajstić information content (AvgIpc) is 2.81. The summed E-state index contributed by atoms with van der Waals surface area (Å²) in [5.74, 6) is -0.696. The molecule has 96 valence electrons. The fourth-order valence-electron chi connectivity index (χ4n) is 1.54. The molecule has 0 fully saturated rings. The van der Waals surface area contributed by atoms with Crippen LogP contribution in [-0.4, -0.2) is 23.8 Å². The summed E-state index contributed by atoms with van der Waals surface area (Å²) in [7, 11) is 1.85. The van der Waals surface area contributed by atoms with Crippen LogP contribution in [0.3, 0.4) is 0 Å². The van der Waals surface area contributed by atoms with E-state index in [2.05, 4.69) is 15.5 Å². The Labute approximate surface area is 103 Å². The largest absolute Gasteiger partial charge is 0.421 e. The molecule has 0 radical (unpaired) electrons. The van der Waals surface area contributed by atoms with E-state index in [1.165, 1.54) is 0 Å². The van der Waals surface area contributed by atoms with Crippen molar-refractivity contribution in [2.75, 3.05) is 13.6 Å². The van der Waals surface area contributed by atoms with Crippen LogP contribution in [0.2, 0.25) is 0 Å². The number of aromatic nitrogens is 2. The maximum absolute atomic E-state index is 13.5. The standard InChI is InChI=1S/C12H13F2N3O/c1-15-6-2-3-11-16-17-12(18-11)9-7-8(13)4-5-10(9)14/h4-5,7,15H,2-3,6H2,1H3. The van der Waals surface area contributed by atoms with E-state index in [1.54, 1.807) is 0 Å². The van der Waals surface area contributed by atoms with E-state index in [0.29, 0.717) is 12.3 Å². The van der Waals surface area contributed by atoms with Crippen LogP contribution in [0.25, 0.3) is 11.5 Å². The van der Waals surface area contributed by atoms with Crippen molar-refractivity contribution in [1.29, 1.82) is 0 Å². The third-order valence-electron chi connectivity index (χ3n) is 2.44. The molecule has 1 aromatic carbocycles. The van der Waals surface area contributed by atoms with Crippen molar-refractivity contribution in [3.05, 3.63) is 35.7 Å². The first-order valence-electron chi connectivity index (χ1n) is 5.63. The van der Waals surface area contributed by atoms with Crippen LogP contribution >= 0.6 is 0 Å². The molecule has 4 nitrogen and oxygen atoms in total. The summed E-state index contributed by atoms with van der Waals surface area (Å²) in [6, 6.07) is 3.12. The van der Waals surface area contributed by atoms with Crippen molar-refractivity contribution < 1.29 is 13.2 Å². The molecule has 1 N–H and O–H groups in total. The fourth-order valence-corrected chi connectivity index (χ4v) is 1.54. The molecule has 1 heterocycles. The minimum atomic E-state index is -0.582. The number of aryl methyl sites for hydroxylation is 1. The predicted molar refractivity (Wildman–Crippen MR) is 61.9 cm³/mol. The van der Waals surface area contributed by atoms with E-state index in [4.69, 9.17) is 4.42 Å². The second-order valence-electron chi connectivity index (χ2n) is 3.83. The highest BCUT2D eigenvalue weighted by molar-refractivity contribution is 5.53. The van der Waals surface area contributed by atoms with Gasteiger partial charge in [-0.15, -0.1) is 10.2 Å². The van der Waals surface area contributed by atoms with Crippen LogP contribution < -0.4 is 5.32 Å². The van der Waals surface area contributed by atoms with E-state index in [9.17, 15) is 8.78 Å². The van der Waals surface area contributed by atoms with Gasteiger partial charge in [0.15, 0.2) is 0 Å². The molecule has 6 heteroatoms. The summed E-state index contributed by atoms with van der Waals surface area (Å²) < 4.78 is 31.8. The van der Waals surface area contributed by atoms with Crippen molar-refractivity contribution in [2.24, 2.45) is 0 Å². The highest BCUT2D eigenvalue weighted by Crippen LogP contribution is 2.22. The minimum absolute atomic E-state index is 0.00598. The van der Waals surface area contributed by atoms with Gasteiger partial charge in [0.2, 0.25) is 5.89 Å². The number of hydrogen-bond donors (Lipinski definition) is 1. The quantitative estimate of drug-likeness (QED) is 0.830. The molecule has 1 aromatic heterocycles.